The molecule has 0 radical (unpaired) electrons. The van der Waals surface area contributed by atoms with Crippen molar-refractivity contribution in [3.05, 3.63) is 35.8 Å². The Labute approximate surface area is 212 Å². The molecular weight excluding hydrogens is 514 g/mol. The Hall–Kier alpha value is -4.01. The van der Waals surface area contributed by atoms with E-state index in [9.17, 15) is 27.2 Å². The van der Waals surface area contributed by atoms with Crippen LogP contribution in [0.15, 0.2) is 24.7 Å². The van der Waals surface area contributed by atoms with Crippen LogP contribution in [0.1, 0.15) is 28.8 Å². The van der Waals surface area contributed by atoms with Gasteiger partial charge in [-0.3, -0.25) is 9.59 Å². The number of anilines is 1. The molecule has 0 spiro atoms. The number of nitrogens with zero attached hydrogens (tertiary/aromatic N) is 5. The fourth-order valence-corrected chi connectivity index (χ4v) is 4.71. The maximum absolute atomic E-state index is 14.8. The first kappa shape index (κ1) is 25.6. The summed E-state index contributed by atoms with van der Waals surface area (Å²) in [6.45, 7) is 0.207. The molecular formula is C23H23F4N7O4. The van der Waals surface area contributed by atoms with E-state index < -0.39 is 41.5 Å². The summed E-state index contributed by atoms with van der Waals surface area (Å²) in [5.41, 5.74) is 4.09. The number of fused-ring (bicyclic) bond motifs is 1. The molecule has 2 fully saturated rings. The Morgan fingerprint density at radius 2 is 2.03 bits per heavy atom. The number of alkyl halides is 4. The second kappa shape index (κ2) is 9.70. The van der Waals surface area contributed by atoms with Crippen LogP contribution < -0.4 is 15.8 Å². The average Bonchev–Trinajstić information content (AvgIpc) is 3.63. The molecule has 3 N–H and O–H groups in total. The van der Waals surface area contributed by atoms with Crippen molar-refractivity contribution < 1.29 is 36.6 Å². The van der Waals surface area contributed by atoms with Crippen molar-refractivity contribution in [2.24, 2.45) is 0 Å². The van der Waals surface area contributed by atoms with Crippen molar-refractivity contribution >= 4 is 23.1 Å². The lowest BCUT2D eigenvalue weighted by Crippen LogP contribution is -2.43. The van der Waals surface area contributed by atoms with Crippen molar-refractivity contribution in [2.45, 2.75) is 37.3 Å². The lowest BCUT2D eigenvalue weighted by Gasteiger charge is -2.20. The fraction of sp³-hybridized carbons (Fsp3) is 0.435. The van der Waals surface area contributed by atoms with E-state index in [-0.39, 0.29) is 47.5 Å². The van der Waals surface area contributed by atoms with Crippen LogP contribution in [-0.2, 0) is 15.7 Å². The van der Waals surface area contributed by atoms with Gasteiger partial charge in [-0.15, -0.1) is 0 Å². The van der Waals surface area contributed by atoms with Crippen LogP contribution in [0.2, 0.25) is 0 Å². The number of amides is 2. The molecule has 3 aromatic rings. The highest BCUT2D eigenvalue weighted by molar-refractivity contribution is 5.98. The van der Waals surface area contributed by atoms with E-state index in [1.165, 1.54) is 24.3 Å². The van der Waals surface area contributed by atoms with Gasteiger partial charge in [-0.25, -0.2) is 18.9 Å². The highest BCUT2D eigenvalue weighted by atomic mass is 19.4. The molecule has 2 aliphatic rings. The van der Waals surface area contributed by atoms with Crippen LogP contribution in [0.4, 0.5) is 23.4 Å². The Morgan fingerprint density at radius 3 is 2.71 bits per heavy atom. The number of carbonyl (C=O) groups is 2. The summed E-state index contributed by atoms with van der Waals surface area (Å²) in [6.07, 6.45) is -3.39. The number of likely N-dealkylation sites (tertiary alicyclic amines) is 1. The summed E-state index contributed by atoms with van der Waals surface area (Å²) in [6, 6.07) is 1.08. The summed E-state index contributed by atoms with van der Waals surface area (Å²) >= 11 is 0. The van der Waals surface area contributed by atoms with Gasteiger partial charge in [0, 0.05) is 24.9 Å². The highest BCUT2D eigenvalue weighted by Gasteiger charge is 2.40. The van der Waals surface area contributed by atoms with E-state index in [0.29, 0.717) is 13.0 Å². The minimum atomic E-state index is -4.76. The molecule has 0 aromatic carbocycles. The van der Waals surface area contributed by atoms with E-state index in [0.717, 1.165) is 23.3 Å². The SMILES string of the molecule is COc1ncc(-c2cc(C(F)(F)F)c3c(N)ncnn23)cc1C(=O)N[C@@H]1CN(C(=O)C2CCCO2)C[C@@H]1F. The molecule has 3 aromatic heterocycles. The summed E-state index contributed by atoms with van der Waals surface area (Å²) < 4.78 is 67.4. The number of pyridine rings is 1. The lowest BCUT2D eigenvalue weighted by molar-refractivity contribution is -0.140. The van der Waals surface area contributed by atoms with Crippen LogP contribution in [0.25, 0.3) is 16.8 Å². The van der Waals surface area contributed by atoms with Gasteiger partial charge in [0.05, 0.1) is 31.0 Å². The van der Waals surface area contributed by atoms with Crippen molar-refractivity contribution in [3.8, 4) is 17.1 Å². The maximum atomic E-state index is 14.8. The van der Waals surface area contributed by atoms with Crippen LogP contribution in [0.3, 0.4) is 0 Å². The number of ether oxygens (including phenoxy) is 2. The normalized spacial score (nSPS) is 21.7. The van der Waals surface area contributed by atoms with Crippen LogP contribution in [0.5, 0.6) is 5.88 Å². The fourth-order valence-electron chi connectivity index (χ4n) is 4.71. The summed E-state index contributed by atoms with van der Waals surface area (Å²) in [5, 5.41) is 6.44. The van der Waals surface area contributed by atoms with Crippen LogP contribution in [0, 0.1) is 0 Å². The molecule has 5 heterocycles. The van der Waals surface area contributed by atoms with Gasteiger partial charge < -0.3 is 25.4 Å². The van der Waals surface area contributed by atoms with E-state index in [4.69, 9.17) is 15.2 Å². The molecule has 202 valence electrons. The number of rotatable bonds is 5. The van der Waals surface area contributed by atoms with Crippen LogP contribution >= 0.6 is 0 Å². The third-order valence-electron chi connectivity index (χ3n) is 6.55. The van der Waals surface area contributed by atoms with Gasteiger partial charge in [0.15, 0.2) is 5.82 Å². The van der Waals surface area contributed by atoms with Crippen LogP contribution in [-0.4, -0.2) is 81.4 Å². The minimum absolute atomic E-state index is 0.0526. The first-order valence-corrected chi connectivity index (χ1v) is 11.7. The van der Waals surface area contributed by atoms with Gasteiger partial charge in [0.2, 0.25) is 5.88 Å². The average molecular weight is 537 g/mol. The molecule has 0 bridgehead atoms. The molecule has 2 aliphatic heterocycles. The number of halogens is 4. The van der Waals surface area contributed by atoms with E-state index in [1.54, 1.807) is 0 Å². The van der Waals surface area contributed by atoms with Gasteiger partial charge in [0.25, 0.3) is 11.8 Å². The summed E-state index contributed by atoms with van der Waals surface area (Å²) in [4.78, 5) is 34.8. The number of hydrogen-bond acceptors (Lipinski definition) is 8. The Bertz CT molecular complexity index is 1390. The molecule has 0 saturated carbocycles. The van der Waals surface area contributed by atoms with Crippen molar-refractivity contribution in [1.29, 1.82) is 0 Å². The predicted molar refractivity (Wildman–Crippen MR) is 124 cm³/mol. The highest BCUT2D eigenvalue weighted by Crippen LogP contribution is 2.39. The quantitative estimate of drug-likeness (QED) is 0.471. The van der Waals surface area contributed by atoms with E-state index in [1.807, 2.05) is 0 Å². The molecule has 3 atom stereocenters. The summed E-state index contributed by atoms with van der Waals surface area (Å²) in [5.74, 6) is -1.61. The number of nitrogens with two attached hydrogens (primary N) is 1. The Balaban J connectivity index is 1.44. The number of nitrogens with one attached hydrogen (secondary N) is 1. The third-order valence-corrected chi connectivity index (χ3v) is 6.55. The number of hydrogen-bond donors (Lipinski definition) is 2. The van der Waals surface area contributed by atoms with Gasteiger partial charge >= 0.3 is 6.18 Å². The third kappa shape index (κ3) is 4.57. The number of nitrogen functional groups attached to an aromatic ring is 1. The molecule has 1 unspecified atom stereocenters. The first-order chi connectivity index (χ1) is 18.1. The topological polar surface area (TPSA) is 137 Å². The van der Waals surface area contributed by atoms with Crippen molar-refractivity contribution in [3.63, 3.8) is 0 Å². The largest absolute Gasteiger partial charge is 0.480 e. The number of methoxy groups -OCH3 is 1. The standard InChI is InChI=1S/C23H23F4N7O4/c1-37-21-12(20(35)32-15-9-33(8-14(15)24)22(36)17-3-2-4-38-17)5-11(7-29-21)16-6-13(23(25,26)27)18-19(28)30-10-31-34(16)18/h5-7,10,14-15,17H,2-4,8-9H2,1H3,(H,32,35)(H2,28,30,31)/t14-,15+,17?/m0/s1. The van der Waals surface area contributed by atoms with Gasteiger partial charge in [-0.05, 0) is 25.0 Å². The second-order valence-electron chi connectivity index (χ2n) is 8.97. The smallest absolute Gasteiger partial charge is 0.418 e. The van der Waals surface area contributed by atoms with Crippen molar-refractivity contribution in [1.82, 2.24) is 29.8 Å². The predicted octanol–water partition coefficient (Wildman–Crippen LogP) is 1.86. The molecule has 2 amide bonds. The van der Waals surface area contributed by atoms with E-state index in [2.05, 4.69) is 20.4 Å². The van der Waals surface area contributed by atoms with Gasteiger partial charge in [-0.2, -0.15) is 18.3 Å². The van der Waals surface area contributed by atoms with Crippen molar-refractivity contribution in [2.75, 3.05) is 32.5 Å². The zero-order chi connectivity index (χ0) is 27.2. The zero-order valence-electron chi connectivity index (χ0n) is 20.0. The molecule has 15 heteroatoms. The molecule has 2 saturated heterocycles. The zero-order valence-corrected chi connectivity index (χ0v) is 20.0. The lowest BCUT2D eigenvalue weighted by atomic mass is 10.1. The molecule has 38 heavy (non-hydrogen) atoms. The summed E-state index contributed by atoms with van der Waals surface area (Å²) in [7, 11) is 1.26. The van der Waals surface area contributed by atoms with E-state index >= 15 is 0 Å². The monoisotopic (exact) mass is 537 g/mol. The Kier molecular flexibility index (Phi) is 6.54. The first-order valence-electron chi connectivity index (χ1n) is 11.7. The second-order valence-corrected chi connectivity index (χ2v) is 8.97. The minimum Gasteiger partial charge on any atom is -0.480 e. The molecule has 0 aliphatic carbocycles. The number of aromatic nitrogens is 4. The molecule has 5 rings (SSSR count). The molecule has 11 nitrogen and oxygen atoms in total. The van der Waals surface area contributed by atoms with Gasteiger partial charge in [0.1, 0.15) is 29.7 Å². The maximum Gasteiger partial charge on any atom is 0.418 e. The van der Waals surface area contributed by atoms with Gasteiger partial charge in [-0.1, -0.05) is 0 Å². The Morgan fingerprint density at radius 1 is 1.24 bits per heavy atom. The number of carbonyl (C=O) groups excluding carboxylic acids is 2.